The number of nitrogens with zero attached hydrogens (tertiary/aromatic N) is 4. The maximum absolute atomic E-state index is 11.1. The summed E-state index contributed by atoms with van der Waals surface area (Å²) in [5.74, 6) is 0.218. The first-order valence-electron chi connectivity index (χ1n) is 12.3. The smallest absolute Gasteiger partial charge is 0.258 e. The van der Waals surface area contributed by atoms with Crippen molar-refractivity contribution in [3.63, 3.8) is 0 Å². The topological polar surface area (TPSA) is 71.6 Å². The summed E-state index contributed by atoms with van der Waals surface area (Å²) in [5.41, 5.74) is 6.22. The maximum atomic E-state index is 11.1. The molecule has 4 aromatic rings. The first kappa shape index (κ1) is 24.8. The molecule has 0 amide bonds. The molecule has 6 rings (SSSR count). The van der Waals surface area contributed by atoms with Crippen LogP contribution in [-0.4, -0.2) is 15.6 Å². The minimum atomic E-state index is -0.399. The van der Waals surface area contributed by atoms with Crippen LogP contribution in [0.15, 0.2) is 88.9 Å². The second-order valence-electron chi connectivity index (χ2n) is 9.37. The zero-order valence-corrected chi connectivity index (χ0v) is 22.5. The number of aromatic nitrogens is 1. The Labute approximate surface area is 234 Å². The summed E-state index contributed by atoms with van der Waals surface area (Å²) in [6.07, 6.45) is 5.28. The average molecular weight is 561 g/mol. The number of nitro benzene ring substituents is 1. The van der Waals surface area contributed by atoms with Crippen molar-refractivity contribution in [3.8, 4) is 11.3 Å². The number of allylic oxidation sites excluding steroid dienone is 1. The van der Waals surface area contributed by atoms with Crippen molar-refractivity contribution in [2.75, 3.05) is 5.01 Å². The molecule has 0 radical (unpaired) electrons. The number of non-ortho nitro benzene ring substituents is 1. The van der Waals surface area contributed by atoms with Gasteiger partial charge in [-0.05, 0) is 78.4 Å². The van der Waals surface area contributed by atoms with Crippen LogP contribution in [0.4, 0.5) is 10.8 Å². The van der Waals surface area contributed by atoms with Gasteiger partial charge in [0, 0.05) is 39.0 Å². The zero-order chi connectivity index (χ0) is 26.2. The van der Waals surface area contributed by atoms with E-state index in [9.17, 15) is 10.1 Å². The van der Waals surface area contributed by atoms with E-state index >= 15 is 0 Å². The molecule has 0 saturated heterocycles. The molecule has 1 aliphatic heterocycles. The Balaban J connectivity index is 1.39. The van der Waals surface area contributed by atoms with Crippen molar-refractivity contribution < 1.29 is 4.92 Å². The highest BCUT2D eigenvalue weighted by Gasteiger charge is 2.42. The summed E-state index contributed by atoms with van der Waals surface area (Å²) in [6, 6.07) is 22.3. The molecule has 1 fully saturated rings. The number of thiazole rings is 1. The van der Waals surface area contributed by atoms with E-state index in [0.29, 0.717) is 10.0 Å². The van der Waals surface area contributed by atoms with E-state index in [-0.39, 0.29) is 17.6 Å². The second kappa shape index (κ2) is 10.3. The molecule has 2 atom stereocenters. The molecular formula is C29H22Cl2N4O2S. The first-order valence-corrected chi connectivity index (χ1v) is 13.9. The predicted octanol–water partition coefficient (Wildman–Crippen LogP) is 8.83. The maximum Gasteiger partial charge on any atom is 0.269 e. The fraction of sp³-hybridized carbons (Fsp3) is 0.172. The summed E-state index contributed by atoms with van der Waals surface area (Å²) in [7, 11) is 0. The molecule has 38 heavy (non-hydrogen) atoms. The Bertz CT molecular complexity index is 1550. The molecule has 2 aliphatic rings. The molecule has 2 heterocycles. The summed E-state index contributed by atoms with van der Waals surface area (Å²) >= 11 is 13.8. The summed E-state index contributed by atoms with van der Waals surface area (Å²) in [4.78, 5) is 15.6. The lowest BCUT2D eigenvalue weighted by atomic mass is 9.77. The van der Waals surface area contributed by atoms with E-state index in [1.165, 1.54) is 29.0 Å². The normalized spacial score (nSPS) is 19.9. The Kier molecular flexibility index (Phi) is 6.74. The fourth-order valence-electron chi connectivity index (χ4n) is 5.17. The summed E-state index contributed by atoms with van der Waals surface area (Å²) in [6.45, 7) is 0. The number of halogens is 2. The highest BCUT2D eigenvalue weighted by molar-refractivity contribution is 7.14. The van der Waals surface area contributed by atoms with E-state index in [1.54, 1.807) is 12.1 Å². The lowest BCUT2D eigenvalue weighted by Gasteiger charge is -2.29. The third kappa shape index (κ3) is 4.85. The van der Waals surface area contributed by atoms with Gasteiger partial charge in [0.05, 0.1) is 22.4 Å². The van der Waals surface area contributed by atoms with Crippen molar-refractivity contribution in [1.82, 2.24) is 4.98 Å². The minimum absolute atomic E-state index is 0.00737. The van der Waals surface area contributed by atoms with Gasteiger partial charge in [0.25, 0.3) is 5.69 Å². The van der Waals surface area contributed by atoms with E-state index in [1.807, 2.05) is 46.8 Å². The highest BCUT2D eigenvalue weighted by Crippen LogP contribution is 2.47. The fourth-order valence-corrected chi connectivity index (χ4v) is 6.24. The molecule has 0 N–H and O–H groups in total. The Hall–Kier alpha value is -3.52. The summed E-state index contributed by atoms with van der Waals surface area (Å²) in [5, 5.41) is 22.4. The minimum Gasteiger partial charge on any atom is -0.258 e. The molecule has 3 aromatic carbocycles. The van der Waals surface area contributed by atoms with Crippen LogP contribution >= 0.6 is 34.5 Å². The van der Waals surface area contributed by atoms with Gasteiger partial charge in [-0.2, -0.15) is 5.10 Å². The molecule has 0 unspecified atom stereocenters. The van der Waals surface area contributed by atoms with Crippen LogP contribution in [0.3, 0.4) is 0 Å². The quantitative estimate of drug-likeness (QED) is 0.180. The number of hydrazone groups is 1. The lowest BCUT2D eigenvalue weighted by Crippen LogP contribution is -2.28. The van der Waals surface area contributed by atoms with Crippen molar-refractivity contribution >= 4 is 57.1 Å². The number of anilines is 1. The standard InChI is InChI=1S/C29H22Cl2N4O2S/c30-22-10-4-18(5-11-22)16-21-2-1-3-25-27(21)33-34(28(25)20-6-12-23(31)13-7-20)29-32-26(17-38-29)19-8-14-24(15-9-19)35(36)37/h4-17,25,28H,1-3H2/b21-16-/t25-,28+/m1/s1. The van der Waals surface area contributed by atoms with Crippen LogP contribution in [0.1, 0.15) is 36.4 Å². The molecule has 6 nitrogen and oxygen atoms in total. The lowest BCUT2D eigenvalue weighted by molar-refractivity contribution is -0.384. The molecular weight excluding hydrogens is 539 g/mol. The van der Waals surface area contributed by atoms with Gasteiger partial charge in [-0.15, -0.1) is 11.3 Å². The van der Waals surface area contributed by atoms with Gasteiger partial charge in [0.15, 0.2) is 0 Å². The Morgan fingerprint density at radius 3 is 2.34 bits per heavy atom. The van der Waals surface area contributed by atoms with Crippen molar-refractivity contribution in [3.05, 3.63) is 115 Å². The van der Waals surface area contributed by atoms with Gasteiger partial charge in [0.1, 0.15) is 0 Å². The molecule has 1 aromatic heterocycles. The third-order valence-corrected chi connectivity index (χ3v) is 8.32. The number of fused-ring (bicyclic) bond motifs is 1. The summed E-state index contributed by atoms with van der Waals surface area (Å²) < 4.78 is 0. The van der Waals surface area contributed by atoms with Crippen LogP contribution in [0.5, 0.6) is 0 Å². The molecule has 0 spiro atoms. The van der Waals surface area contributed by atoms with E-state index in [2.05, 4.69) is 18.2 Å². The highest BCUT2D eigenvalue weighted by atomic mass is 35.5. The molecule has 9 heteroatoms. The van der Waals surface area contributed by atoms with Crippen molar-refractivity contribution in [2.24, 2.45) is 11.0 Å². The van der Waals surface area contributed by atoms with Gasteiger partial charge >= 0.3 is 0 Å². The first-order chi connectivity index (χ1) is 18.5. The third-order valence-electron chi connectivity index (χ3n) is 6.99. The number of benzene rings is 3. The van der Waals surface area contributed by atoms with Crippen LogP contribution < -0.4 is 5.01 Å². The number of rotatable bonds is 5. The van der Waals surface area contributed by atoms with Gasteiger partial charge < -0.3 is 0 Å². The SMILES string of the molecule is O=[N+]([O-])c1ccc(-c2csc(N3N=C4/C(=C\c5ccc(Cl)cc5)CCC[C@H]4[C@@H]3c3ccc(Cl)cc3)n2)cc1. The van der Waals surface area contributed by atoms with E-state index in [4.69, 9.17) is 33.3 Å². The second-order valence-corrected chi connectivity index (χ2v) is 11.1. The van der Waals surface area contributed by atoms with Gasteiger partial charge in [-0.1, -0.05) is 47.5 Å². The zero-order valence-electron chi connectivity index (χ0n) is 20.1. The van der Waals surface area contributed by atoms with Gasteiger partial charge in [-0.25, -0.2) is 9.99 Å². The average Bonchev–Trinajstić information content (AvgIpc) is 3.57. The largest absolute Gasteiger partial charge is 0.269 e. The van der Waals surface area contributed by atoms with Crippen LogP contribution in [0.2, 0.25) is 10.0 Å². The van der Waals surface area contributed by atoms with E-state index < -0.39 is 4.92 Å². The monoisotopic (exact) mass is 560 g/mol. The predicted molar refractivity (Wildman–Crippen MR) is 155 cm³/mol. The van der Waals surface area contributed by atoms with E-state index in [0.717, 1.165) is 52.5 Å². The van der Waals surface area contributed by atoms with Crippen LogP contribution in [-0.2, 0) is 0 Å². The number of hydrogen-bond donors (Lipinski definition) is 0. The van der Waals surface area contributed by atoms with Crippen molar-refractivity contribution in [2.45, 2.75) is 25.3 Å². The van der Waals surface area contributed by atoms with Crippen LogP contribution in [0, 0.1) is 16.0 Å². The van der Waals surface area contributed by atoms with Crippen LogP contribution in [0.25, 0.3) is 17.3 Å². The molecule has 190 valence electrons. The molecule has 1 aliphatic carbocycles. The number of hydrogen-bond acceptors (Lipinski definition) is 6. The molecule has 0 bridgehead atoms. The Morgan fingerprint density at radius 1 is 0.974 bits per heavy atom. The Morgan fingerprint density at radius 2 is 1.66 bits per heavy atom. The number of nitro groups is 1. The molecule has 1 saturated carbocycles. The van der Waals surface area contributed by atoms with Gasteiger partial charge in [0.2, 0.25) is 5.13 Å². The van der Waals surface area contributed by atoms with Gasteiger partial charge in [-0.3, -0.25) is 10.1 Å². The van der Waals surface area contributed by atoms with Crippen molar-refractivity contribution in [1.29, 1.82) is 0 Å².